The average molecular weight is 496 g/mol. The van der Waals surface area contributed by atoms with Gasteiger partial charge >= 0.3 is 17.9 Å². The van der Waals surface area contributed by atoms with E-state index in [0.717, 1.165) is 0 Å². The fraction of sp³-hybridized carbons (Fsp3) is 0.500. The number of fused-ring (bicyclic) bond motifs is 1. The highest BCUT2D eigenvalue weighted by Gasteiger charge is 2.41. The molecule has 0 aliphatic carbocycles. The van der Waals surface area contributed by atoms with Crippen LogP contribution in [-0.2, 0) is 21.3 Å². The molecule has 1 atom stereocenters. The van der Waals surface area contributed by atoms with Crippen molar-refractivity contribution in [1.29, 1.82) is 0 Å². The molecule has 0 radical (unpaired) electrons. The molecule has 2 aliphatic rings. The number of nitrogens with zero attached hydrogens (tertiary/aromatic N) is 5. The number of nitro groups is 1. The van der Waals surface area contributed by atoms with Gasteiger partial charge in [0, 0.05) is 31.2 Å². The van der Waals surface area contributed by atoms with Gasteiger partial charge in [-0.25, -0.2) is 13.2 Å². The van der Waals surface area contributed by atoms with E-state index >= 15 is 0 Å². The van der Waals surface area contributed by atoms with E-state index in [-0.39, 0.29) is 56.1 Å². The molecule has 0 saturated carbocycles. The van der Waals surface area contributed by atoms with E-state index in [9.17, 15) is 23.3 Å². The molecular weight excluding hydrogens is 470 g/mol. The van der Waals surface area contributed by atoms with Gasteiger partial charge in [-0.15, -0.1) is 0 Å². The zero-order valence-electron chi connectivity index (χ0n) is 18.7. The number of imidazole rings is 1. The second-order valence-electron chi connectivity index (χ2n) is 8.17. The first-order valence-electron chi connectivity index (χ1n) is 10.7. The number of piperazine rings is 1. The molecule has 1 saturated heterocycles. The monoisotopic (exact) mass is 495 g/mol. The summed E-state index contributed by atoms with van der Waals surface area (Å²) in [7, 11) is -3.72. The largest absolute Gasteiger partial charge is 0.489 e. The van der Waals surface area contributed by atoms with Gasteiger partial charge in [-0.05, 0) is 43.0 Å². The Labute approximate surface area is 196 Å². The molecule has 0 N–H and O–H groups in total. The predicted molar refractivity (Wildman–Crippen MR) is 117 cm³/mol. The Hall–Kier alpha value is -3.39. The molecule has 3 heterocycles. The van der Waals surface area contributed by atoms with Crippen LogP contribution in [0.5, 0.6) is 11.8 Å². The summed E-state index contributed by atoms with van der Waals surface area (Å²) < 4.78 is 45.3. The fourth-order valence-electron chi connectivity index (χ4n) is 3.78. The van der Waals surface area contributed by atoms with Crippen molar-refractivity contribution in [3.05, 3.63) is 40.6 Å². The van der Waals surface area contributed by atoms with E-state index in [0.29, 0.717) is 12.3 Å². The Kier molecular flexibility index (Phi) is 6.36. The van der Waals surface area contributed by atoms with Crippen LogP contribution in [0, 0.1) is 10.1 Å². The van der Waals surface area contributed by atoms with E-state index in [1.54, 1.807) is 30.5 Å². The van der Waals surface area contributed by atoms with Gasteiger partial charge in [0.05, 0.1) is 18.0 Å². The lowest BCUT2D eigenvalue weighted by Gasteiger charge is -2.33. The lowest BCUT2D eigenvalue weighted by molar-refractivity contribution is -0.389. The normalized spacial score (nSPS) is 20.5. The molecule has 1 aromatic carbocycles. The molecular formula is C20H25N5O8S. The van der Waals surface area contributed by atoms with Crippen molar-refractivity contribution in [1.82, 2.24) is 18.8 Å². The zero-order valence-corrected chi connectivity index (χ0v) is 19.6. The van der Waals surface area contributed by atoms with E-state index in [4.69, 9.17) is 14.2 Å². The number of hydrogen-bond acceptors (Lipinski definition) is 9. The molecule has 4 rings (SSSR count). The Balaban J connectivity index is 1.33. The first-order chi connectivity index (χ1) is 16.1. The maximum atomic E-state index is 13.0. The molecule has 14 heteroatoms. The maximum absolute atomic E-state index is 13.0. The van der Waals surface area contributed by atoms with Crippen LogP contribution >= 0.6 is 0 Å². The number of rotatable bonds is 7. The van der Waals surface area contributed by atoms with Crippen molar-refractivity contribution in [2.45, 2.75) is 30.9 Å². The molecule has 34 heavy (non-hydrogen) atoms. The number of carbonyl (C=O) groups is 1. The Morgan fingerprint density at radius 1 is 1.24 bits per heavy atom. The third kappa shape index (κ3) is 4.77. The van der Waals surface area contributed by atoms with Crippen molar-refractivity contribution in [3.63, 3.8) is 0 Å². The van der Waals surface area contributed by atoms with Gasteiger partial charge in [-0.3, -0.25) is 4.57 Å². The van der Waals surface area contributed by atoms with E-state index in [2.05, 4.69) is 4.98 Å². The summed E-state index contributed by atoms with van der Waals surface area (Å²) in [6, 6.07) is 6.21. The first kappa shape index (κ1) is 23.8. The standard InChI is InChI=1S/C20H25N5O8S/c1-3-31-19(26)22-8-10-24(11-9-22)34(29,30)16-6-4-15(5-7-16)32-14-20(2)13-23-12-17(25(27)28)21-18(23)33-20/h4-7,12H,3,8-11,13-14H2,1-2H3/t20-/m1/s1. The van der Waals surface area contributed by atoms with Gasteiger partial charge < -0.3 is 29.2 Å². The van der Waals surface area contributed by atoms with Crippen LogP contribution in [0.25, 0.3) is 0 Å². The van der Waals surface area contributed by atoms with Crippen molar-refractivity contribution >= 4 is 21.9 Å². The first-order valence-corrected chi connectivity index (χ1v) is 12.1. The summed E-state index contributed by atoms with van der Waals surface area (Å²) in [4.78, 5) is 27.5. The number of sulfonamides is 1. The van der Waals surface area contributed by atoms with E-state index in [1.807, 2.05) is 0 Å². The second-order valence-corrected chi connectivity index (χ2v) is 10.1. The van der Waals surface area contributed by atoms with Gasteiger partial charge in [0.25, 0.3) is 0 Å². The number of aromatic nitrogens is 2. The highest BCUT2D eigenvalue weighted by atomic mass is 32.2. The SMILES string of the molecule is CCOC(=O)N1CCN(S(=O)(=O)c2ccc(OC[C@@]3(C)Cn4cc([N+](=O)[O-])nc4O3)cc2)CC1. The van der Waals surface area contributed by atoms with Gasteiger partial charge in [-0.2, -0.15) is 4.31 Å². The van der Waals surface area contributed by atoms with Crippen LogP contribution < -0.4 is 9.47 Å². The van der Waals surface area contributed by atoms with Crippen LogP contribution in [0.1, 0.15) is 13.8 Å². The molecule has 2 aromatic rings. The quantitative estimate of drug-likeness (QED) is 0.412. The van der Waals surface area contributed by atoms with Crippen LogP contribution in [0.4, 0.5) is 10.6 Å². The van der Waals surface area contributed by atoms with Crippen molar-refractivity contribution in [3.8, 4) is 11.8 Å². The molecule has 0 spiro atoms. The van der Waals surface area contributed by atoms with Crippen LogP contribution in [0.3, 0.4) is 0 Å². The average Bonchev–Trinajstić information content (AvgIpc) is 3.34. The van der Waals surface area contributed by atoms with Crippen molar-refractivity contribution in [2.24, 2.45) is 0 Å². The second kappa shape index (κ2) is 9.10. The lowest BCUT2D eigenvalue weighted by Crippen LogP contribution is -2.50. The number of benzene rings is 1. The van der Waals surface area contributed by atoms with E-state index in [1.165, 1.54) is 27.5 Å². The lowest BCUT2D eigenvalue weighted by atomic mass is 10.1. The highest BCUT2D eigenvalue weighted by Crippen LogP contribution is 2.31. The van der Waals surface area contributed by atoms with Gasteiger partial charge in [-0.1, -0.05) is 0 Å². The van der Waals surface area contributed by atoms with E-state index < -0.39 is 26.6 Å². The molecule has 0 unspecified atom stereocenters. The third-order valence-corrected chi connectivity index (χ3v) is 7.44. The molecule has 2 aliphatic heterocycles. The summed E-state index contributed by atoms with van der Waals surface area (Å²) in [6.45, 7) is 5.13. The van der Waals surface area contributed by atoms with Crippen molar-refractivity contribution in [2.75, 3.05) is 39.4 Å². The Bertz CT molecular complexity index is 1150. The summed E-state index contributed by atoms with van der Waals surface area (Å²) in [5.41, 5.74) is -0.777. The molecule has 1 fully saturated rings. The van der Waals surface area contributed by atoms with Gasteiger partial charge in [0.1, 0.15) is 18.6 Å². The van der Waals surface area contributed by atoms with Crippen LogP contribution in [-0.4, -0.2) is 83.2 Å². The maximum Gasteiger partial charge on any atom is 0.415 e. The smallest absolute Gasteiger partial charge is 0.415 e. The fourth-order valence-corrected chi connectivity index (χ4v) is 5.20. The Morgan fingerprint density at radius 2 is 1.91 bits per heavy atom. The van der Waals surface area contributed by atoms with Crippen molar-refractivity contribution < 1.29 is 32.3 Å². The number of ether oxygens (including phenoxy) is 3. The predicted octanol–water partition coefficient (Wildman–Crippen LogP) is 1.48. The molecule has 1 aromatic heterocycles. The molecule has 184 valence electrons. The highest BCUT2D eigenvalue weighted by molar-refractivity contribution is 7.89. The molecule has 1 amide bonds. The van der Waals surface area contributed by atoms with Crippen LogP contribution in [0.2, 0.25) is 0 Å². The minimum absolute atomic E-state index is 0.125. The topological polar surface area (TPSA) is 146 Å². The van der Waals surface area contributed by atoms with Gasteiger partial charge in [0.15, 0.2) is 5.60 Å². The zero-order chi connectivity index (χ0) is 24.5. The Morgan fingerprint density at radius 3 is 2.50 bits per heavy atom. The minimum Gasteiger partial charge on any atom is -0.489 e. The molecule has 0 bridgehead atoms. The summed E-state index contributed by atoms with van der Waals surface area (Å²) in [5.74, 6) is 0.170. The summed E-state index contributed by atoms with van der Waals surface area (Å²) in [5, 5.41) is 10.8. The minimum atomic E-state index is -3.72. The van der Waals surface area contributed by atoms with Gasteiger partial charge in [0.2, 0.25) is 10.0 Å². The number of hydrogen-bond donors (Lipinski definition) is 0. The number of amides is 1. The summed E-state index contributed by atoms with van der Waals surface area (Å²) in [6.07, 6.45) is 0.870. The molecule has 13 nitrogen and oxygen atoms in total. The van der Waals surface area contributed by atoms with Crippen LogP contribution in [0.15, 0.2) is 35.4 Å². The number of carbonyl (C=O) groups excluding carboxylic acids is 1. The summed E-state index contributed by atoms with van der Waals surface area (Å²) >= 11 is 0. The third-order valence-electron chi connectivity index (χ3n) is 5.53.